The highest BCUT2D eigenvalue weighted by atomic mass is 19.4. The molecule has 0 amide bonds. The normalized spacial score (nSPS) is 11.7. The zero-order chi connectivity index (χ0) is 11.8. The summed E-state index contributed by atoms with van der Waals surface area (Å²) >= 11 is 0. The molecule has 4 nitrogen and oxygen atoms in total. The van der Waals surface area contributed by atoms with Crippen LogP contribution in [0.25, 0.3) is 5.69 Å². The number of halogens is 3. The predicted molar refractivity (Wildman–Crippen MR) is 50.8 cm³/mol. The SMILES string of the molecule is Nc1cn(-c2ccccc2C(F)(F)F)nn1. The van der Waals surface area contributed by atoms with Gasteiger partial charge in [-0.3, -0.25) is 0 Å². The van der Waals surface area contributed by atoms with E-state index in [0.29, 0.717) is 0 Å². The van der Waals surface area contributed by atoms with Crippen molar-refractivity contribution < 1.29 is 13.2 Å². The van der Waals surface area contributed by atoms with E-state index in [1.807, 2.05) is 0 Å². The summed E-state index contributed by atoms with van der Waals surface area (Å²) in [6.45, 7) is 0. The third-order valence-electron chi connectivity index (χ3n) is 1.97. The van der Waals surface area contributed by atoms with Crippen molar-refractivity contribution in [2.75, 3.05) is 5.73 Å². The van der Waals surface area contributed by atoms with Gasteiger partial charge in [0.05, 0.1) is 17.4 Å². The molecule has 0 aliphatic heterocycles. The summed E-state index contributed by atoms with van der Waals surface area (Å²) in [4.78, 5) is 0. The highest BCUT2D eigenvalue weighted by Gasteiger charge is 2.33. The van der Waals surface area contributed by atoms with Gasteiger partial charge in [-0.15, -0.1) is 5.10 Å². The zero-order valence-electron chi connectivity index (χ0n) is 7.94. The molecule has 0 atom stereocenters. The van der Waals surface area contributed by atoms with Crippen LogP contribution in [-0.2, 0) is 6.18 Å². The maximum atomic E-state index is 12.6. The minimum absolute atomic E-state index is 0.0666. The smallest absolute Gasteiger partial charge is 0.381 e. The lowest BCUT2D eigenvalue weighted by Crippen LogP contribution is -2.10. The van der Waals surface area contributed by atoms with Crippen LogP contribution < -0.4 is 5.73 Å². The number of hydrogen-bond donors (Lipinski definition) is 1. The molecule has 0 unspecified atom stereocenters. The molecule has 16 heavy (non-hydrogen) atoms. The molecule has 1 aromatic heterocycles. The van der Waals surface area contributed by atoms with Crippen molar-refractivity contribution in [1.29, 1.82) is 0 Å². The van der Waals surface area contributed by atoms with Crippen LogP contribution in [0.4, 0.5) is 19.0 Å². The van der Waals surface area contributed by atoms with Gasteiger partial charge in [-0.25, -0.2) is 4.68 Å². The fourth-order valence-electron chi connectivity index (χ4n) is 1.31. The molecule has 1 aromatic carbocycles. The topological polar surface area (TPSA) is 56.7 Å². The van der Waals surface area contributed by atoms with Crippen molar-refractivity contribution in [2.24, 2.45) is 0 Å². The Hall–Kier alpha value is -2.05. The zero-order valence-corrected chi connectivity index (χ0v) is 7.94. The van der Waals surface area contributed by atoms with Crippen molar-refractivity contribution in [3.8, 4) is 5.69 Å². The molecular weight excluding hydrogens is 221 g/mol. The molecule has 2 N–H and O–H groups in total. The molecule has 0 saturated heterocycles. The fraction of sp³-hybridized carbons (Fsp3) is 0.111. The molecule has 2 rings (SSSR count). The van der Waals surface area contributed by atoms with Crippen LogP contribution in [-0.4, -0.2) is 15.0 Å². The van der Waals surface area contributed by atoms with Gasteiger partial charge in [0.15, 0.2) is 5.82 Å². The fourth-order valence-corrected chi connectivity index (χ4v) is 1.31. The van der Waals surface area contributed by atoms with Gasteiger partial charge in [0.2, 0.25) is 0 Å². The van der Waals surface area contributed by atoms with E-state index in [0.717, 1.165) is 10.7 Å². The highest BCUT2D eigenvalue weighted by molar-refractivity contribution is 5.43. The third-order valence-corrected chi connectivity index (χ3v) is 1.97. The number of para-hydroxylation sites is 1. The molecule has 7 heteroatoms. The standard InChI is InChI=1S/C9H7F3N4/c10-9(11,12)6-3-1-2-4-7(6)16-5-8(13)14-15-16/h1-5H,13H2. The van der Waals surface area contributed by atoms with Gasteiger partial charge in [0.25, 0.3) is 0 Å². The number of nitrogens with zero attached hydrogens (tertiary/aromatic N) is 3. The van der Waals surface area contributed by atoms with Crippen LogP contribution in [0.1, 0.15) is 5.56 Å². The molecule has 0 spiro atoms. The van der Waals surface area contributed by atoms with E-state index in [2.05, 4.69) is 10.3 Å². The molecule has 0 bridgehead atoms. The summed E-state index contributed by atoms with van der Waals surface area (Å²) in [5.74, 6) is 0.0666. The first-order valence-corrected chi connectivity index (χ1v) is 4.33. The molecule has 0 aliphatic carbocycles. The number of benzene rings is 1. The predicted octanol–water partition coefficient (Wildman–Crippen LogP) is 1.87. The average Bonchev–Trinajstić information content (AvgIpc) is 2.64. The Bertz CT molecular complexity index is 503. The number of rotatable bonds is 1. The number of nitrogen functional groups attached to an aromatic ring is 1. The van der Waals surface area contributed by atoms with E-state index < -0.39 is 11.7 Å². The van der Waals surface area contributed by atoms with Crippen molar-refractivity contribution in [2.45, 2.75) is 6.18 Å². The summed E-state index contributed by atoms with van der Waals surface area (Å²) in [6.07, 6.45) is -3.21. The maximum Gasteiger partial charge on any atom is 0.418 e. The van der Waals surface area contributed by atoms with Crippen molar-refractivity contribution in [3.63, 3.8) is 0 Å². The van der Waals surface area contributed by atoms with Crippen LogP contribution in [0.15, 0.2) is 30.5 Å². The molecule has 84 valence electrons. The van der Waals surface area contributed by atoms with Crippen molar-refractivity contribution in [3.05, 3.63) is 36.0 Å². The van der Waals surface area contributed by atoms with E-state index in [1.165, 1.54) is 24.4 Å². The van der Waals surface area contributed by atoms with Gasteiger partial charge in [-0.2, -0.15) is 13.2 Å². The second-order valence-corrected chi connectivity index (χ2v) is 3.10. The van der Waals surface area contributed by atoms with E-state index in [4.69, 9.17) is 5.73 Å². The molecule has 0 saturated carbocycles. The van der Waals surface area contributed by atoms with E-state index in [1.54, 1.807) is 0 Å². The third kappa shape index (κ3) is 1.83. The maximum absolute atomic E-state index is 12.6. The number of anilines is 1. The van der Waals surface area contributed by atoms with Gasteiger partial charge in [-0.05, 0) is 12.1 Å². The first kappa shape index (κ1) is 10.5. The second-order valence-electron chi connectivity index (χ2n) is 3.10. The van der Waals surface area contributed by atoms with Gasteiger partial charge < -0.3 is 5.73 Å². The first-order chi connectivity index (χ1) is 7.48. The Morgan fingerprint density at radius 3 is 2.44 bits per heavy atom. The van der Waals surface area contributed by atoms with Crippen molar-refractivity contribution >= 4 is 5.82 Å². The summed E-state index contributed by atoms with van der Waals surface area (Å²) < 4.78 is 38.9. The Morgan fingerprint density at radius 2 is 1.88 bits per heavy atom. The lowest BCUT2D eigenvalue weighted by Gasteiger charge is -2.11. The van der Waals surface area contributed by atoms with Gasteiger partial charge in [0.1, 0.15) is 0 Å². The van der Waals surface area contributed by atoms with Crippen LogP contribution in [0, 0.1) is 0 Å². The first-order valence-electron chi connectivity index (χ1n) is 4.33. The molecule has 0 fully saturated rings. The second kappa shape index (κ2) is 3.51. The number of hydrogen-bond acceptors (Lipinski definition) is 3. The Labute approximate surface area is 88.5 Å². The molecule has 1 heterocycles. The highest BCUT2D eigenvalue weighted by Crippen LogP contribution is 2.33. The van der Waals surface area contributed by atoms with Crippen LogP contribution in [0.2, 0.25) is 0 Å². The Kier molecular flexibility index (Phi) is 2.30. The van der Waals surface area contributed by atoms with Crippen LogP contribution >= 0.6 is 0 Å². The van der Waals surface area contributed by atoms with Gasteiger partial charge in [0, 0.05) is 0 Å². The van der Waals surface area contributed by atoms with E-state index in [9.17, 15) is 13.2 Å². The summed E-state index contributed by atoms with van der Waals surface area (Å²) in [6, 6.07) is 5.08. The molecule has 0 radical (unpaired) electrons. The van der Waals surface area contributed by atoms with Crippen molar-refractivity contribution in [1.82, 2.24) is 15.0 Å². The summed E-state index contributed by atoms with van der Waals surface area (Å²) in [5, 5.41) is 6.94. The summed E-state index contributed by atoms with van der Waals surface area (Å²) in [5.41, 5.74) is 4.42. The lowest BCUT2D eigenvalue weighted by atomic mass is 10.2. The number of nitrogens with two attached hydrogens (primary N) is 1. The van der Waals surface area contributed by atoms with E-state index in [-0.39, 0.29) is 11.5 Å². The molecule has 2 aromatic rings. The van der Waals surface area contributed by atoms with E-state index >= 15 is 0 Å². The minimum Gasteiger partial charge on any atom is -0.381 e. The van der Waals surface area contributed by atoms with Crippen LogP contribution in [0.3, 0.4) is 0 Å². The monoisotopic (exact) mass is 228 g/mol. The van der Waals surface area contributed by atoms with Gasteiger partial charge in [-0.1, -0.05) is 17.3 Å². The molecule has 0 aliphatic rings. The Morgan fingerprint density at radius 1 is 1.19 bits per heavy atom. The number of aromatic nitrogens is 3. The van der Waals surface area contributed by atoms with Gasteiger partial charge >= 0.3 is 6.18 Å². The quantitative estimate of drug-likeness (QED) is 0.810. The average molecular weight is 228 g/mol. The lowest BCUT2D eigenvalue weighted by molar-refractivity contribution is -0.137. The molecular formula is C9H7F3N4. The summed E-state index contributed by atoms with van der Waals surface area (Å²) in [7, 11) is 0. The van der Waals surface area contributed by atoms with Crippen LogP contribution in [0.5, 0.6) is 0 Å². The largest absolute Gasteiger partial charge is 0.418 e. The minimum atomic E-state index is -4.43. The Balaban J connectivity index is 2.57. The number of alkyl halides is 3.